The first-order chi connectivity index (χ1) is 11.1. The molecule has 1 aromatic heterocycles. The van der Waals surface area contributed by atoms with E-state index >= 15 is 0 Å². The molecule has 6 heteroatoms. The molecule has 0 bridgehead atoms. The van der Waals surface area contributed by atoms with Crippen LogP contribution in [0, 0.1) is 0 Å². The normalized spacial score (nSPS) is 11.0. The quantitative estimate of drug-likeness (QED) is 0.712. The highest BCUT2D eigenvalue weighted by molar-refractivity contribution is 7.17. The molecule has 0 saturated heterocycles. The predicted octanol–water partition coefficient (Wildman–Crippen LogP) is 4.60. The van der Waals surface area contributed by atoms with Gasteiger partial charge in [-0.15, -0.1) is 16.5 Å². The highest BCUT2D eigenvalue weighted by atomic mass is 32.1. The minimum atomic E-state index is -1.09. The summed E-state index contributed by atoms with van der Waals surface area (Å²) in [5.41, 5.74) is 1.39. The van der Waals surface area contributed by atoms with E-state index in [9.17, 15) is 9.90 Å². The van der Waals surface area contributed by atoms with Crippen molar-refractivity contribution in [3.8, 4) is 15.5 Å². The molecule has 1 heterocycles. The molecule has 0 aliphatic heterocycles. The van der Waals surface area contributed by atoms with Crippen molar-refractivity contribution in [3.05, 3.63) is 66.2 Å². The second kappa shape index (κ2) is 6.41. The summed E-state index contributed by atoms with van der Waals surface area (Å²) in [4.78, 5) is 11.9. The van der Waals surface area contributed by atoms with E-state index in [1.807, 2.05) is 30.3 Å². The first-order valence-electron chi connectivity index (χ1n) is 6.75. The average Bonchev–Trinajstić information content (AvgIpc) is 2.95. The first kappa shape index (κ1) is 14.9. The van der Waals surface area contributed by atoms with E-state index < -0.39 is 5.97 Å². The van der Waals surface area contributed by atoms with Crippen LogP contribution in [0.2, 0.25) is 0 Å². The lowest BCUT2D eigenvalue weighted by Crippen LogP contribution is -1.95. The van der Waals surface area contributed by atoms with Crippen molar-refractivity contribution in [1.82, 2.24) is 0 Å². The Hall–Kier alpha value is -2.99. The Kier molecular flexibility index (Phi) is 4.16. The lowest BCUT2D eigenvalue weighted by Gasteiger charge is -2.01. The van der Waals surface area contributed by atoms with Gasteiger partial charge in [-0.2, -0.15) is 5.11 Å². The van der Waals surface area contributed by atoms with Crippen LogP contribution in [-0.4, -0.2) is 11.1 Å². The summed E-state index contributed by atoms with van der Waals surface area (Å²) in [5.74, 6) is -1.09. The van der Waals surface area contributed by atoms with Crippen LogP contribution in [0.4, 0.5) is 11.4 Å². The zero-order valence-corrected chi connectivity index (χ0v) is 12.7. The van der Waals surface area contributed by atoms with Crippen molar-refractivity contribution in [2.24, 2.45) is 10.2 Å². The second-order valence-electron chi connectivity index (χ2n) is 4.67. The van der Waals surface area contributed by atoms with Gasteiger partial charge in [-0.1, -0.05) is 42.5 Å². The fourth-order valence-electron chi connectivity index (χ4n) is 2.03. The second-order valence-corrected chi connectivity index (χ2v) is 5.69. The smallest absolute Gasteiger partial charge is 0.337 e. The Morgan fingerprint density at radius 3 is 2.35 bits per heavy atom. The molecule has 0 unspecified atom stereocenters. The minimum Gasteiger partial charge on any atom is -0.863 e. The summed E-state index contributed by atoms with van der Waals surface area (Å²) in [6.07, 6.45) is 0. The van der Waals surface area contributed by atoms with Crippen molar-refractivity contribution in [2.75, 3.05) is 0 Å². The SMILES string of the molecule is O=C(O)c1ccccc1N=Nc1cc(-c2ccccc2)sc1[O-]. The fourth-order valence-corrected chi connectivity index (χ4v) is 2.86. The van der Waals surface area contributed by atoms with Crippen LogP contribution in [-0.2, 0) is 0 Å². The third-order valence-electron chi connectivity index (χ3n) is 3.14. The zero-order valence-electron chi connectivity index (χ0n) is 11.8. The molecule has 5 nitrogen and oxygen atoms in total. The van der Waals surface area contributed by atoms with Crippen LogP contribution in [0.1, 0.15) is 10.4 Å². The lowest BCUT2D eigenvalue weighted by atomic mass is 10.2. The fraction of sp³-hybridized carbons (Fsp3) is 0. The molecule has 0 atom stereocenters. The molecule has 0 amide bonds. The third kappa shape index (κ3) is 3.27. The van der Waals surface area contributed by atoms with Gasteiger partial charge >= 0.3 is 5.97 Å². The van der Waals surface area contributed by atoms with E-state index in [2.05, 4.69) is 10.2 Å². The molecule has 0 fully saturated rings. The van der Waals surface area contributed by atoms with E-state index in [1.54, 1.807) is 24.3 Å². The number of carboxylic acids is 1. The van der Waals surface area contributed by atoms with Gasteiger partial charge in [0.05, 0.1) is 11.3 Å². The number of hydrogen-bond donors (Lipinski definition) is 1. The van der Waals surface area contributed by atoms with Crippen LogP contribution < -0.4 is 5.11 Å². The number of aromatic carboxylic acids is 1. The van der Waals surface area contributed by atoms with Gasteiger partial charge in [0, 0.05) is 4.88 Å². The molecular weight excluding hydrogens is 312 g/mol. The third-order valence-corrected chi connectivity index (χ3v) is 4.11. The molecule has 0 aliphatic carbocycles. The molecule has 3 aromatic rings. The largest absolute Gasteiger partial charge is 0.863 e. The standard InChI is InChI=1S/C17H12N2O3S/c20-16(21)12-8-4-5-9-13(12)18-19-14-10-15(23-17(14)22)11-6-2-1-3-7-11/h1-10,22H,(H,20,21)/p-1. The van der Waals surface area contributed by atoms with E-state index in [-0.39, 0.29) is 22.0 Å². The number of nitrogens with zero attached hydrogens (tertiary/aromatic N) is 2. The monoisotopic (exact) mass is 323 g/mol. The van der Waals surface area contributed by atoms with Gasteiger partial charge in [0.25, 0.3) is 0 Å². The molecule has 0 aliphatic rings. The summed E-state index contributed by atoms with van der Waals surface area (Å²) in [6.45, 7) is 0. The molecule has 2 aromatic carbocycles. The molecule has 3 rings (SSSR count). The Morgan fingerprint density at radius 1 is 0.957 bits per heavy atom. The van der Waals surface area contributed by atoms with Gasteiger partial charge in [-0.25, -0.2) is 4.79 Å². The Labute approximate surface area is 136 Å². The highest BCUT2D eigenvalue weighted by Crippen LogP contribution is 2.40. The van der Waals surface area contributed by atoms with Crippen molar-refractivity contribution in [2.45, 2.75) is 0 Å². The van der Waals surface area contributed by atoms with Gasteiger partial charge in [-0.05, 0) is 28.8 Å². The molecule has 0 saturated carbocycles. The van der Waals surface area contributed by atoms with Crippen LogP contribution in [0.25, 0.3) is 10.4 Å². The maximum absolute atomic E-state index is 12.0. The highest BCUT2D eigenvalue weighted by Gasteiger charge is 2.09. The van der Waals surface area contributed by atoms with Gasteiger partial charge in [0.2, 0.25) is 0 Å². The lowest BCUT2D eigenvalue weighted by molar-refractivity contribution is -0.260. The number of carbonyl (C=O) groups is 1. The number of hydrogen-bond acceptors (Lipinski definition) is 5. The first-order valence-corrected chi connectivity index (χ1v) is 7.57. The number of benzene rings is 2. The van der Waals surface area contributed by atoms with Crippen LogP contribution in [0.3, 0.4) is 0 Å². The van der Waals surface area contributed by atoms with Crippen molar-refractivity contribution in [1.29, 1.82) is 0 Å². The number of rotatable bonds is 4. The molecule has 114 valence electrons. The van der Waals surface area contributed by atoms with Gasteiger partial charge in [-0.3, -0.25) is 0 Å². The van der Waals surface area contributed by atoms with Gasteiger partial charge < -0.3 is 10.2 Å². The number of thiophene rings is 1. The Balaban J connectivity index is 1.92. The maximum atomic E-state index is 12.0. The number of carboxylic acid groups (broad SMARTS) is 1. The van der Waals surface area contributed by atoms with E-state index in [4.69, 9.17) is 5.11 Å². The van der Waals surface area contributed by atoms with Crippen molar-refractivity contribution >= 4 is 28.7 Å². The predicted molar refractivity (Wildman–Crippen MR) is 86.8 cm³/mol. The van der Waals surface area contributed by atoms with Gasteiger partial charge in [0.1, 0.15) is 5.69 Å². The van der Waals surface area contributed by atoms with Crippen molar-refractivity contribution < 1.29 is 15.0 Å². The molecular formula is C17H11N2O3S-. The van der Waals surface area contributed by atoms with Crippen LogP contribution in [0.15, 0.2) is 70.9 Å². The van der Waals surface area contributed by atoms with Crippen LogP contribution >= 0.6 is 11.3 Å². The van der Waals surface area contributed by atoms with E-state index in [0.29, 0.717) is 0 Å². The van der Waals surface area contributed by atoms with Gasteiger partial charge in [0.15, 0.2) is 0 Å². The molecule has 0 radical (unpaired) electrons. The number of azo groups is 1. The summed E-state index contributed by atoms with van der Waals surface area (Å²) in [6, 6.07) is 17.4. The maximum Gasteiger partial charge on any atom is 0.337 e. The van der Waals surface area contributed by atoms with E-state index in [0.717, 1.165) is 21.8 Å². The summed E-state index contributed by atoms with van der Waals surface area (Å²) in [5, 5.41) is 28.7. The molecule has 0 spiro atoms. The average molecular weight is 323 g/mol. The Bertz CT molecular complexity index is 873. The summed E-state index contributed by atoms with van der Waals surface area (Å²) in [7, 11) is 0. The topological polar surface area (TPSA) is 85.1 Å². The Morgan fingerprint density at radius 2 is 1.61 bits per heavy atom. The molecule has 1 N–H and O–H groups in total. The summed E-state index contributed by atoms with van der Waals surface area (Å²) >= 11 is 1.09. The van der Waals surface area contributed by atoms with E-state index in [1.165, 1.54) is 6.07 Å². The molecule has 23 heavy (non-hydrogen) atoms. The van der Waals surface area contributed by atoms with Crippen molar-refractivity contribution in [3.63, 3.8) is 0 Å². The zero-order chi connectivity index (χ0) is 16.2. The van der Waals surface area contributed by atoms with Crippen LogP contribution in [0.5, 0.6) is 5.06 Å². The summed E-state index contributed by atoms with van der Waals surface area (Å²) < 4.78 is 0. The minimum absolute atomic E-state index is 0.0437.